The Morgan fingerprint density at radius 1 is 1.10 bits per heavy atom. The van der Waals surface area contributed by atoms with Crippen molar-refractivity contribution in [1.29, 1.82) is 0 Å². The van der Waals surface area contributed by atoms with Crippen molar-refractivity contribution in [2.75, 3.05) is 61.1 Å². The first-order valence-electron chi connectivity index (χ1n) is 9.98. The SMILES string of the molecule is COC(=O)C1=C(CN2CCCN(C)CC2)NC(=O)NC1c1ccc(OC)c(OC)c1. The van der Waals surface area contributed by atoms with E-state index in [1.807, 2.05) is 0 Å². The maximum atomic E-state index is 12.8. The smallest absolute Gasteiger partial charge is 0.338 e. The number of esters is 1. The van der Waals surface area contributed by atoms with E-state index in [0.29, 0.717) is 34.9 Å². The van der Waals surface area contributed by atoms with Crippen LogP contribution in [0.2, 0.25) is 0 Å². The van der Waals surface area contributed by atoms with Crippen LogP contribution in [0.4, 0.5) is 4.79 Å². The molecule has 9 heteroatoms. The van der Waals surface area contributed by atoms with Gasteiger partial charge in [0.25, 0.3) is 0 Å². The van der Waals surface area contributed by atoms with Gasteiger partial charge in [-0.2, -0.15) is 0 Å². The lowest BCUT2D eigenvalue weighted by molar-refractivity contribution is -0.136. The zero-order chi connectivity index (χ0) is 21.7. The number of likely N-dealkylation sites (N-methyl/N-ethyl adjacent to an activating group) is 1. The Balaban J connectivity index is 1.98. The molecule has 3 rings (SSSR count). The largest absolute Gasteiger partial charge is 0.493 e. The van der Waals surface area contributed by atoms with Crippen LogP contribution in [0.3, 0.4) is 0 Å². The summed E-state index contributed by atoms with van der Waals surface area (Å²) < 4.78 is 15.8. The molecule has 0 radical (unpaired) electrons. The Bertz CT molecular complexity index is 826. The van der Waals surface area contributed by atoms with Crippen LogP contribution in [0.15, 0.2) is 29.5 Å². The molecule has 2 heterocycles. The molecule has 1 aromatic rings. The number of benzene rings is 1. The van der Waals surface area contributed by atoms with Gasteiger partial charge in [-0.15, -0.1) is 0 Å². The van der Waals surface area contributed by atoms with E-state index >= 15 is 0 Å². The van der Waals surface area contributed by atoms with Crippen LogP contribution in [0.25, 0.3) is 0 Å². The minimum atomic E-state index is -0.657. The van der Waals surface area contributed by atoms with Gasteiger partial charge in [0.2, 0.25) is 0 Å². The van der Waals surface area contributed by atoms with E-state index in [-0.39, 0.29) is 6.03 Å². The minimum Gasteiger partial charge on any atom is -0.493 e. The lowest BCUT2D eigenvalue weighted by Crippen LogP contribution is -2.48. The molecule has 1 aromatic carbocycles. The van der Waals surface area contributed by atoms with E-state index in [0.717, 1.165) is 32.6 Å². The second kappa shape index (κ2) is 9.82. The molecule has 0 aromatic heterocycles. The molecule has 0 aliphatic carbocycles. The van der Waals surface area contributed by atoms with Crippen molar-refractivity contribution in [2.45, 2.75) is 12.5 Å². The molecular weight excluding hydrogens is 388 g/mol. The number of carbonyl (C=O) groups excluding carboxylic acids is 2. The first kappa shape index (κ1) is 21.9. The summed E-state index contributed by atoms with van der Waals surface area (Å²) in [4.78, 5) is 29.7. The molecule has 0 bridgehead atoms. The average Bonchev–Trinajstić information content (AvgIpc) is 2.96. The van der Waals surface area contributed by atoms with Crippen molar-refractivity contribution in [1.82, 2.24) is 20.4 Å². The Hall–Kier alpha value is -2.78. The van der Waals surface area contributed by atoms with E-state index < -0.39 is 12.0 Å². The molecule has 0 spiro atoms. The summed E-state index contributed by atoms with van der Waals surface area (Å²) in [6.07, 6.45) is 1.03. The lowest BCUT2D eigenvalue weighted by Gasteiger charge is -2.32. The van der Waals surface area contributed by atoms with Gasteiger partial charge in [0.15, 0.2) is 11.5 Å². The summed E-state index contributed by atoms with van der Waals surface area (Å²) in [6.45, 7) is 4.19. The second-order valence-corrected chi connectivity index (χ2v) is 7.46. The Labute approximate surface area is 176 Å². The summed E-state index contributed by atoms with van der Waals surface area (Å²) >= 11 is 0. The third kappa shape index (κ3) is 4.85. The topological polar surface area (TPSA) is 92.4 Å². The number of urea groups is 1. The van der Waals surface area contributed by atoms with Crippen molar-refractivity contribution >= 4 is 12.0 Å². The summed E-state index contributed by atoms with van der Waals surface area (Å²) in [7, 11) is 6.54. The molecule has 1 fully saturated rings. The fourth-order valence-electron chi connectivity index (χ4n) is 3.86. The van der Waals surface area contributed by atoms with Crippen LogP contribution in [-0.4, -0.2) is 82.9 Å². The number of rotatable bonds is 6. The molecule has 2 amide bonds. The fourth-order valence-corrected chi connectivity index (χ4v) is 3.86. The van der Waals surface area contributed by atoms with Crippen molar-refractivity contribution < 1.29 is 23.8 Å². The molecule has 0 saturated carbocycles. The van der Waals surface area contributed by atoms with Crippen LogP contribution in [0.5, 0.6) is 11.5 Å². The maximum absolute atomic E-state index is 12.8. The number of hydrogen-bond donors (Lipinski definition) is 2. The standard InChI is InChI=1S/C21H30N4O5/c1-24-8-5-9-25(11-10-24)13-15-18(20(26)30-4)19(23-21(27)22-15)14-6-7-16(28-2)17(12-14)29-3/h6-7,12,19H,5,8-11,13H2,1-4H3,(H2,22,23,27). The lowest BCUT2D eigenvalue weighted by atomic mass is 9.94. The van der Waals surface area contributed by atoms with Crippen molar-refractivity contribution in [2.24, 2.45) is 0 Å². The Kier molecular flexibility index (Phi) is 7.17. The van der Waals surface area contributed by atoms with Gasteiger partial charge in [0.1, 0.15) is 0 Å². The predicted molar refractivity (Wildman–Crippen MR) is 112 cm³/mol. The quantitative estimate of drug-likeness (QED) is 0.669. The van der Waals surface area contributed by atoms with E-state index in [9.17, 15) is 9.59 Å². The van der Waals surface area contributed by atoms with Gasteiger partial charge in [-0.3, -0.25) is 4.90 Å². The average molecular weight is 418 g/mol. The highest BCUT2D eigenvalue weighted by Gasteiger charge is 2.34. The number of nitrogens with one attached hydrogen (secondary N) is 2. The van der Waals surface area contributed by atoms with Crippen molar-refractivity contribution in [3.8, 4) is 11.5 Å². The number of hydrogen-bond acceptors (Lipinski definition) is 7. The molecule has 2 aliphatic heterocycles. The van der Waals surface area contributed by atoms with Gasteiger partial charge >= 0.3 is 12.0 Å². The summed E-state index contributed by atoms with van der Waals surface area (Å²) in [5, 5.41) is 5.67. The second-order valence-electron chi connectivity index (χ2n) is 7.46. The van der Waals surface area contributed by atoms with Gasteiger partial charge < -0.3 is 29.7 Å². The van der Waals surface area contributed by atoms with Crippen LogP contribution in [-0.2, 0) is 9.53 Å². The van der Waals surface area contributed by atoms with Gasteiger partial charge in [0.05, 0.1) is 32.9 Å². The summed E-state index contributed by atoms with van der Waals surface area (Å²) in [6, 6.07) is 4.30. The monoisotopic (exact) mass is 418 g/mol. The fraction of sp³-hybridized carbons (Fsp3) is 0.524. The molecule has 164 valence electrons. The van der Waals surface area contributed by atoms with Crippen molar-refractivity contribution in [3.05, 3.63) is 35.0 Å². The van der Waals surface area contributed by atoms with Crippen LogP contribution in [0, 0.1) is 0 Å². The van der Waals surface area contributed by atoms with Gasteiger partial charge in [-0.1, -0.05) is 6.07 Å². The highest BCUT2D eigenvalue weighted by atomic mass is 16.5. The first-order valence-corrected chi connectivity index (χ1v) is 9.98. The Morgan fingerprint density at radius 3 is 2.57 bits per heavy atom. The number of ether oxygens (including phenoxy) is 3. The number of carbonyl (C=O) groups is 2. The normalized spacial score (nSPS) is 20.8. The molecule has 1 atom stereocenters. The molecule has 1 saturated heterocycles. The van der Waals surface area contributed by atoms with Gasteiger partial charge in [-0.05, 0) is 44.3 Å². The van der Waals surface area contributed by atoms with Gasteiger partial charge in [-0.25, -0.2) is 9.59 Å². The van der Waals surface area contributed by atoms with E-state index in [1.165, 1.54) is 7.11 Å². The molecule has 30 heavy (non-hydrogen) atoms. The summed E-state index contributed by atoms with van der Waals surface area (Å²) in [5.41, 5.74) is 1.66. The van der Waals surface area contributed by atoms with E-state index in [4.69, 9.17) is 14.2 Å². The Morgan fingerprint density at radius 2 is 1.87 bits per heavy atom. The maximum Gasteiger partial charge on any atom is 0.338 e. The number of amides is 2. The van der Waals surface area contributed by atoms with E-state index in [1.54, 1.807) is 32.4 Å². The predicted octanol–water partition coefficient (Wildman–Crippen LogP) is 1.12. The first-order chi connectivity index (χ1) is 14.5. The number of nitrogens with zero attached hydrogens (tertiary/aromatic N) is 2. The van der Waals surface area contributed by atoms with Crippen LogP contribution in [0.1, 0.15) is 18.0 Å². The minimum absolute atomic E-state index is 0.357. The summed E-state index contributed by atoms with van der Waals surface area (Å²) in [5.74, 6) is 0.604. The molecule has 2 N–H and O–H groups in total. The molecule has 1 unspecified atom stereocenters. The third-order valence-electron chi connectivity index (χ3n) is 5.49. The molecule has 2 aliphatic rings. The van der Waals surface area contributed by atoms with Crippen molar-refractivity contribution in [3.63, 3.8) is 0 Å². The van der Waals surface area contributed by atoms with E-state index in [2.05, 4.69) is 27.5 Å². The zero-order valence-corrected chi connectivity index (χ0v) is 18.0. The number of methoxy groups -OCH3 is 3. The molecule has 9 nitrogen and oxygen atoms in total. The zero-order valence-electron chi connectivity index (χ0n) is 18.0. The van der Waals surface area contributed by atoms with Gasteiger partial charge in [0, 0.05) is 25.3 Å². The molecular formula is C21H30N4O5. The third-order valence-corrected chi connectivity index (χ3v) is 5.49. The highest BCUT2D eigenvalue weighted by Crippen LogP contribution is 2.34. The van der Waals surface area contributed by atoms with Crippen LogP contribution >= 0.6 is 0 Å². The van der Waals surface area contributed by atoms with Crippen LogP contribution < -0.4 is 20.1 Å². The highest BCUT2D eigenvalue weighted by molar-refractivity contribution is 5.95.